The average Bonchev–Trinajstić information content (AvgIpc) is 2.40. The van der Waals surface area contributed by atoms with E-state index in [2.05, 4.69) is 21.2 Å². The van der Waals surface area contributed by atoms with E-state index in [1.807, 2.05) is 30.3 Å². The normalized spacial score (nSPS) is 10.1. The molecule has 0 aromatic heterocycles. The van der Waals surface area contributed by atoms with E-state index in [1.54, 1.807) is 19.2 Å². The van der Waals surface area contributed by atoms with Crippen LogP contribution in [-0.2, 0) is 6.54 Å². The van der Waals surface area contributed by atoms with Crippen LogP contribution in [0.1, 0.15) is 5.56 Å². The number of ether oxygens (including phenoxy) is 1. The summed E-state index contributed by atoms with van der Waals surface area (Å²) in [6.07, 6.45) is 0. The van der Waals surface area contributed by atoms with Gasteiger partial charge in [0.15, 0.2) is 0 Å². The summed E-state index contributed by atoms with van der Waals surface area (Å²) < 4.78 is 6.17. The van der Waals surface area contributed by atoms with Crippen molar-refractivity contribution in [3.05, 3.63) is 52.5 Å². The summed E-state index contributed by atoms with van der Waals surface area (Å²) in [7, 11) is 1.65. The molecular weight excluding hydrogens is 294 g/mol. The maximum Gasteiger partial charge on any atom is 0.121 e. The molecule has 0 fully saturated rings. The summed E-state index contributed by atoms with van der Waals surface area (Å²) in [6.45, 7) is 0.687. The molecule has 4 heteroatoms. The fraction of sp³-hybridized carbons (Fsp3) is 0.143. The molecule has 2 aromatic carbocycles. The SMILES string of the molecule is COc1ccc(Br)c(NCc2ccc(O)cc2)c1. The summed E-state index contributed by atoms with van der Waals surface area (Å²) in [5, 5.41) is 12.5. The highest BCUT2D eigenvalue weighted by Gasteiger charge is 2.02. The molecule has 0 spiro atoms. The van der Waals surface area contributed by atoms with Crippen LogP contribution in [0.15, 0.2) is 46.9 Å². The number of hydrogen-bond donors (Lipinski definition) is 2. The largest absolute Gasteiger partial charge is 0.508 e. The second kappa shape index (κ2) is 5.78. The van der Waals surface area contributed by atoms with Gasteiger partial charge in [-0.1, -0.05) is 12.1 Å². The van der Waals surface area contributed by atoms with Crippen LogP contribution in [0.5, 0.6) is 11.5 Å². The third-order valence-corrected chi connectivity index (χ3v) is 3.28. The Kier molecular flexibility index (Phi) is 4.10. The molecule has 2 rings (SSSR count). The number of phenolic OH excluding ortho intramolecular Hbond substituents is 1. The predicted octanol–water partition coefficient (Wildman–Crippen LogP) is 3.78. The summed E-state index contributed by atoms with van der Waals surface area (Å²) in [4.78, 5) is 0. The lowest BCUT2D eigenvalue weighted by atomic mass is 10.2. The summed E-state index contributed by atoms with van der Waals surface area (Å²) in [5.74, 6) is 1.09. The highest BCUT2D eigenvalue weighted by atomic mass is 79.9. The summed E-state index contributed by atoms with van der Waals surface area (Å²) in [5.41, 5.74) is 2.07. The fourth-order valence-corrected chi connectivity index (χ4v) is 1.96. The quantitative estimate of drug-likeness (QED) is 0.903. The predicted molar refractivity (Wildman–Crippen MR) is 76.1 cm³/mol. The molecule has 0 radical (unpaired) electrons. The molecule has 94 valence electrons. The number of phenols is 1. The average molecular weight is 308 g/mol. The van der Waals surface area contributed by atoms with Crippen molar-refractivity contribution in [3.63, 3.8) is 0 Å². The first-order valence-electron chi connectivity index (χ1n) is 5.54. The topological polar surface area (TPSA) is 41.5 Å². The lowest BCUT2D eigenvalue weighted by molar-refractivity contribution is 0.415. The Morgan fingerprint density at radius 2 is 1.89 bits per heavy atom. The highest BCUT2D eigenvalue weighted by molar-refractivity contribution is 9.10. The van der Waals surface area contributed by atoms with E-state index in [1.165, 1.54) is 0 Å². The maximum atomic E-state index is 9.21. The third kappa shape index (κ3) is 3.17. The smallest absolute Gasteiger partial charge is 0.121 e. The molecule has 0 aliphatic heterocycles. The Balaban J connectivity index is 2.07. The molecule has 0 aliphatic carbocycles. The van der Waals surface area contributed by atoms with Gasteiger partial charge in [-0.05, 0) is 45.8 Å². The summed E-state index contributed by atoms with van der Waals surface area (Å²) >= 11 is 3.49. The van der Waals surface area contributed by atoms with Gasteiger partial charge in [-0.25, -0.2) is 0 Å². The van der Waals surface area contributed by atoms with Gasteiger partial charge in [-0.2, -0.15) is 0 Å². The molecule has 18 heavy (non-hydrogen) atoms. The lowest BCUT2D eigenvalue weighted by Gasteiger charge is -2.10. The Morgan fingerprint density at radius 1 is 1.17 bits per heavy atom. The van der Waals surface area contributed by atoms with Gasteiger partial charge < -0.3 is 15.2 Å². The van der Waals surface area contributed by atoms with Gasteiger partial charge in [-0.15, -0.1) is 0 Å². The van der Waals surface area contributed by atoms with Gasteiger partial charge in [0, 0.05) is 17.1 Å². The molecule has 2 aromatic rings. The molecule has 0 amide bonds. The Bertz CT molecular complexity index is 526. The Labute approximate surface area is 115 Å². The first-order valence-corrected chi connectivity index (χ1v) is 6.33. The molecule has 0 unspecified atom stereocenters. The monoisotopic (exact) mass is 307 g/mol. The van der Waals surface area contributed by atoms with Crippen LogP contribution in [-0.4, -0.2) is 12.2 Å². The number of benzene rings is 2. The van der Waals surface area contributed by atoms with Crippen LogP contribution in [0.4, 0.5) is 5.69 Å². The van der Waals surface area contributed by atoms with Crippen molar-refractivity contribution < 1.29 is 9.84 Å². The summed E-state index contributed by atoms with van der Waals surface area (Å²) in [6, 6.07) is 12.9. The van der Waals surface area contributed by atoms with E-state index in [0.29, 0.717) is 6.54 Å². The fourth-order valence-electron chi connectivity index (χ4n) is 1.58. The van der Waals surface area contributed by atoms with Crippen LogP contribution < -0.4 is 10.1 Å². The first-order chi connectivity index (χ1) is 8.69. The Morgan fingerprint density at radius 3 is 2.56 bits per heavy atom. The number of rotatable bonds is 4. The minimum absolute atomic E-state index is 0.279. The second-order valence-corrected chi connectivity index (χ2v) is 4.72. The van der Waals surface area contributed by atoms with Crippen molar-refractivity contribution in [1.29, 1.82) is 0 Å². The van der Waals surface area contributed by atoms with Gasteiger partial charge in [0.05, 0.1) is 12.8 Å². The van der Waals surface area contributed by atoms with Crippen molar-refractivity contribution in [2.75, 3.05) is 12.4 Å². The van der Waals surface area contributed by atoms with Gasteiger partial charge in [0.25, 0.3) is 0 Å². The molecule has 2 N–H and O–H groups in total. The van der Waals surface area contributed by atoms with Gasteiger partial charge >= 0.3 is 0 Å². The molecule has 0 atom stereocenters. The zero-order chi connectivity index (χ0) is 13.0. The minimum Gasteiger partial charge on any atom is -0.508 e. The van der Waals surface area contributed by atoms with E-state index in [9.17, 15) is 5.11 Å². The van der Waals surface area contributed by atoms with Crippen LogP contribution in [0.25, 0.3) is 0 Å². The second-order valence-electron chi connectivity index (χ2n) is 3.87. The molecule has 0 bridgehead atoms. The third-order valence-electron chi connectivity index (χ3n) is 2.59. The molecular formula is C14H14BrNO2. The highest BCUT2D eigenvalue weighted by Crippen LogP contribution is 2.27. The first kappa shape index (κ1) is 12.8. The van der Waals surface area contributed by atoms with Crippen LogP contribution >= 0.6 is 15.9 Å². The lowest BCUT2D eigenvalue weighted by Crippen LogP contribution is -2.00. The Hall–Kier alpha value is -1.68. The van der Waals surface area contributed by atoms with Gasteiger partial charge in [-0.3, -0.25) is 0 Å². The van der Waals surface area contributed by atoms with E-state index < -0.39 is 0 Å². The van der Waals surface area contributed by atoms with Crippen LogP contribution in [0.2, 0.25) is 0 Å². The van der Waals surface area contributed by atoms with E-state index >= 15 is 0 Å². The number of methoxy groups -OCH3 is 1. The van der Waals surface area contributed by atoms with Gasteiger partial charge in [0.1, 0.15) is 11.5 Å². The van der Waals surface area contributed by atoms with Crippen LogP contribution in [0, 0.1) is 0 Å². The standard InChI is InChI=1S/C14H14BrNO2/c1-18-12-6-7-13(15)14(8-12)16-9-10-2-4-11(17)5-3-10/h2-8,16-17H,9H2,1H3. The minimum atomic E-state index is 0.279. The zero-order valence-corrected chi connectivity index (χ0v) is 11.6. The number of hydrogen-bond acceptors (Lipinski definition) is 3. The van der Waals surface area contributed by atoms with Gasteiger partial charge in [0.2, 0.25) is 0 Å². The van der Waals surface area contributed by atoms with Crippen molar-refractivity contribution in [1.82, 2.24) is 0 Å². The van der Waals surface area contributed by atoms with Crippen molar-refractivity contribution in [3.8, 4) is 11.5 Å². The number of nitrogens with one attached hydrogen (secondary N) is 1. The van der Waals surface area contributed by atoms with Crippen molar-refractivity contribution in [2.45, 2.75) is 6.54 Å². The van der Waals surface area contributed by atoms with E-state index in [4.69, 9.17) is 4.74 Å². The van der Waals surface area contributed by atoms with E-state index in [-0.39, 0.29) is 5.75 Å². The number of aromatic hydroxyl groups is 1. The molecule has 3 nitrogen and oxygen atoms in total. The maximum absolute atomic E-state index is 9.21. The molecule has 0 saturated carbocycles. The number of halogens is 1. The molecule has 0 saturated heterocycles. The zero-order valence-electron chi connectivity index (χ0n) is 9.98. The number of anilines is 1. The van der Waals surface area contributed by atoms with E-state index in [0.717, 1.165) is 21.5 Å². The molecule has 0 heterocycles. The van der Waals surface area contributed by atoms with Crippen LogP contribution in [0.3, 0.4) is 0 Å². The van der Waals surface area contributed by atoms with Crippen molar-refractivity contribution >= 4 is 21.6 Å². The molecule has 0 aliphatic rings. The van der Waals surface area contributed by atoms with Crippen molar-refractivity contribution in [2.24, 2.45) is 0 Å².